The molecule has 0 aliphatic heterocycles. The topological polar surface area (TPSA) is 43.1 Å². The van der Waals surface area contributed by atoms with Crippen molar-refractivity contribution in [2.45, 2.75) is 13.8 Å². The van der Waals surface area contributed by atoms with Crippen LogP contribution in [0.25, 0.3) is 0 Å². The van der Waals surface area contributed by atoms with Crippen LogP contribution < -0.4 is 0 Å². The van der Waals surface area contributed by atoms with Crippen LogP contribution in [0, 0.1) is 30.0 Å². The third-order valence-corrected chi connectivity index (χ3v) is 1.47. The first kappa shape index (κ1) is 11.7. The summed E-state index contributed by atoms with van der Waals surface area (Å²) in [5, 5.41) is 10.4. The molecule has 0 saturated carbocycles. The van der Waals surface area contributed by atoms with E-state index in [4.69, 9.17) is 0 Å². The van der Waals surface area contributed by atoms with Crippen LogP contribution in [0.3, 0.4) is 0 Å². The zero-order valence-corrected chi connectivity index (χ0v) is 9.83. The molecule has 0 saturated heterocycles. The molecule has 0 bridgehead atoms. The maximum absolute atomic E-state index is 10.4. The Hall–Kier alpha value is -0.276. The quantitative estimate of drug-likeness (QED) is 0.427. The van der Waals surface area contributed by atoms with Crippen molar-refractivity contribution < 1.29 is 37.6 Å². The second kappa shape index (κ2) is 4.68. The Morgan fingerprint density at radius 3 is 2.50 bits per heavy atom. The zero-order chi connectivity index (χ0) is 8.43. The minimum atomic E-state index is -0.379. The molecule has 0 atom stereocenters. The fourth-order valence-corrected chi connectivity index (χ4v) is 0.853. The van der Waals surface area contributed by atoms with Crippen molar-refractivity contribution in [2.24, 2.45) is 0 Å². The monoisotopic (exact) mass is 239 g/mol. The van der Waals surface area contributed by atoms with E-state index >= 15 is 0 Å². The summed E-state index contributed by atoms with van der Waals surface area (Å²) >= 11 is 0. The molecule has 1 aromatic rings. The van der Waals surface area contributed by atoms with Crippen molar-refractivity contribution in [3.63, 3.8) is 0 Å². The molecule has 12 heavy (non-hydrogen) atoms. The SMILES string of the molecule is Cc1[c-]cc(C)c([N+](=O)[O-])c1.[Y+3]. The first-order valence-corrected chi connectivity index (χ1v) is 3.24. The van der Waals surface area contributed by atoms with Gasteiger partial charge >= 0.3 is 32.7 Å². The molecule has 0 aromatic heterocycles. The molecular formula is C8H8NO2Y+2. The summed E-state index contributed by atoms with van der Waals surface area (Å²) in [5.41, 5.74) is 1.61. The average molecular weight is 239 g/mol. The van der Waals surface area contributed by atoms with Crippen LogP contribution in [0.4, 0.5) is 5.69 Å². The van der Waals surface area contributed by atoms with Crippen molar-refractivity contribution >= 4 is 5.69 Å². The van der Waals surface area contributed by atoms with Gasteiger partial charge in [-0.15, -0.1) is 0 Å². The number of benzene rings is 1. The van der Waals surface area contributed by atoms with Gasteiger partial charge in [0.2, 0.25) is 0 Å². The zero-order valence-electron chi connectivity index (χ0n) is 7.00. The number of nitro groups is 1. The Bertz CT molecular complexity index is 299. The van der Waals surface area contributed by atoms with E-state index in [1.165, 1.54) is 6.07 Å². The minimum Gasteiger partial charge on any atom is -0.260 e. The smallest absolute Gasteiger partial charge is 0.260 e. The number of nitrogens with zero attached hydrogens (tertiary/aromatic N) is 1. The van der Waals surface area contributed by atoms with E-state index in [-0.39, 0.29) is 43.3 Å². The average Bonchev–Trinajstić information content (AvgIpc) is 1.94. The van der Waals surface area contributed by atoms with Gasteiger partial charge in [-0.1, -0.05) is 25.5 Å². The summed E-state index contributed by atoms with van der Waals surface area (Å²) in [7, 11) is 0. The summed E-state index contributed by atoms with van der Waals surface area (Å²) in [4.78, 5) is 9.99. The third kappa shape index (κ3) is 2.65. The maximum Gasteiger partial charge on any atom is 3.00 e. The molecule has 1 rings (SSSR count). The molecule has 3 nitrogen and oxygen atoms in total. The second-order valence-electron chi connectivity index (χ2n) is 2.44. The van der Waals surface area contributed by atoms with Gasteiger partial charge < -0.3 is 0 Å². The number of hydrogen-bond acceptors (Lipinski definition) is 2. The maximum atomic E-state index is 10.4. The van der Waals surface area contributed by atoms with E-state index < -0.39 is 0 Å². The molecule has 0 aliphatic rings. The van der Waals surface area contributed by atoms with E-state index in [1.807, 2.05) is 0 Å². The summed E-state index contributed by atoms with van der Waals surface area (Å²) in [5.74, 6) is 0. The van der Waals surface area contributed by atoms with Gasteiger partial charge in [0, 0.05) is 4.92 Å². The van der Waals surface area contributed by atoms with Gasteiger partial charge in [0.05, 0.1) is 0 Å². The molecule has 4 heteroatoms. The first-order valence-electron chi connectivity index (χ1n) is 3.24. The normalized spacial score (nSPS) is 8.83. The van der Waals surface area contributed by atoms with Crippen molar-refractivity contribution in [2.75, 3.05) is 0 Å². The second-order valence-corrected chi connectivity index (χ2v) is 2.44. The standard InChI is InChI=1S/C8H8NO2.Y/c1-6-3-4-7(2)8(5-6)9(10)11;/h4-5H,1-2H3;/q-1;+3. The summed E-state index contributed by atoms with van der Waals surface area (Å²) in [6.07, 6.45) is 0. The van der Waals surface area contributed by atoms with Crippen molar-refractivity contribution in [3.8, 4) is 0 Å². The summed E-state index contributed by atoms with van der Waals surface area (Å²) < 4.78 is 0. The largest absolute Gasteiger partial charge is 3.00 e. The van der Waals surface area contributed by atoms with Crippen LogP contribution in [0.15, 0.2) is 12.1 Å². The molecule has 0 aliphatic carbocycles. The van der Waals surface area contributed by atoms with Crippen LogP contribution in [0.5, 0.6) is 0 Å². The minimum absolute atomic E-state index is 0. The van der Waals surface area contributed by atoms with Crippen LogP contribution >= 0.6 is 0 Å². The van der Waals surface area contributed by atoms with Crippen LogP contribution in [0.2, 0.25) is 0 Å². The third-order valence-electron chi connectivity index (χ3n) is 1.47. The predicted molar refractivity (Wildman–Crippen MR) is 41.4 cm³/mol. The molecular weight excluding hydrogens is 231 g/mol. The van der Waals surface area contributed by atoms with Crippen LogP contribution in [-0.2, 0) is 32.7 Å². The molecule has 0 unspecified atom stereocenters. The van der Waals surface area contributed by atoms with E-state index in [9.17, 15) is 10.1 Å². The molecule has 0 N–H and O–H groups in total. The first-order chi connectivity index (χ1) is 5.11. The Balaban J connectivity index is 0.00000121. The Morgan fingerprint density at radius 2 is 2.08 bits per heavy atom. The molecule has 0 radical (unpaired) electrons. The van der Waals surface area contributed by atoms with Gasteiger partial charge in [-0.05, 0) is 0 Å². The summed E-state index contributed by atoms with van der Waals surface area (Å²) in [6.45, 7) is 3.49. The molecule has 1 aromatic carbocycles. The molecule has 0 fully saturated rings. The fourth-order valence-electron chi connectivity index (χ4n) is 0.853. The van der Waals surface area contributed by atoms with Gasteiger partial charge in [0.1, 0.15) is 0 Å². The van der Waals surface area contributed by atoms with Crippen LogP contribution in [-0.4, -0.2) is 4.92 Å². The number of hydrogen-bond donors (Lipinski definition) is 0. The van der Waals surface area contributed by atoms with Gasteiger partial charge in [0.15, 0.2) is 5.69 Å². The number of nitro benzene ring substituents is 1. The van der Waals surface area contributed by atoms with Gasteiger partial charge in [-0.3, -0.25) is 10.1 Å². The predicted octanol–water partition coefficient (Wildman–Crippen LogP) is 2.01. The van der Waals surface area contributed by atoms with Gasteiger partial charge in [0.25, 0.3) is 0 Å². The molecule has 0 heterocycles. The fraction of sp³-hybridized carbons (Fsp3) is 0.250. The van der Waals surface area contributed by atoms with E-state index in [1.54, 1.807) is 19.9 Å². The molecule has 0 spiro atoms. The van der Waals surface area contributed by atoms with E-state index in [0.29, 0.717) is 5.56 Å². The van der Waals surface area contributed by atoms with Crippen molar-refractivity contribution in [3.05, 3.63) is 39.4 Å². The van der Waals surface area contributed by atoms with Crippen LogP contribution in [0.1, 0.15) is 11.1 Å². The molecule has 58 valence electrons. The van der Waals surface area contributed by atoms with E-state index in [0.717, 1.165) is 5.56 Å². The summed E-state index contributed by atoms with van der Waals surface area (Å²) in [6, 6.07) is 6.05. The van der Waals surface area contributed by atoms with E-state index in [2.05, 4.69) is 6.07 Å². The van der Waals surface area contributed by atoms with Crippen molar-refractivity contribution in [1.29, 1.82) is 0 Å². The Labute approximate surface area is 96.2 Å². The Morgan fingerprint density at radius 1 is 1.50 bits per heavy atom. The van der Waals surface area contributed by atoms with Crippen molar-refractivity contribution in [1.82, 2.24) is 0 Å². The van der Waals surface area contributed by atoms with Gasteiger partial charge in [-0.2, -0.15) is 17.7 Å². The Kier molecular flexibility index (Phi) is 4.57. The number of aryl methyl sites for hydroxylation is 2. The van der Waals surface area contributed by atoms with Gasteiger partial charge in [-0.25, -0.2) is 0 Å². The number of rotatable bonds is 1. The molecule has 0 amide bonds.